The molecule has 0 spiro atoms. The summed E-state index contributed by atoms with van der Waals surface area (Å²) in [7, 11) is -3.15. The number of fused-ring (bicyclic) bond motifs is 1. The third kappa shape index (κ3) is 3.82. The molecule has 2 aromatic rings. The van der Waals surface area contributed by atoms with E-state index in [9.17, 15) is 13.2 Å². The van der Waals surface area contributed by atoms with E-state index in [1.54, 1.807) is 13.0 Å². The third-order valence-electron chi connectivity index (χ3n) is 3.10. The molecule has 0 radical (unpaired) electrons. The summed E-state index contributed by atoms with van der Waals surface area (Å²) >= 11 is 0. The monoisotopic (exact) mass is 325 g/mol. The second-order valence-electron chi connectivity index (χ2n) is 5.77. The van der Waals surface area contributed by atoms with Crippen molar-refractivity contribution in [2.45, 2.75) is 32.7 Å². The molecule has 1 unspecified atom stereocenters. The van der Waals surface area contributed by atoms with Crippen LogP contribution in [-0.4, -0.2) is 42.5 Å². The van der Waals surface area contributed by atoms with Gasteiger partial charge in [-0.2, -0.15) is 0 Å². The molecule has 2 heterocycles. The molecule has 0 aliphatic rings. The number of aromatic nitrogens is 2. The Kier molecular flexibility index (Phi) is 4.50. The van der Waals surface area contributed by atoms with Crippen LogP contribution in [0.3, 0.4) is 0 Å². The van der Waals surface area contributed by atoms with Crippen molar-refractivity contribution in [3.8, 4) is 0 Å². The first-order chi connectivity index (χ1) is 10.2. The highest BCUT2D eigenvalue weighted by Crippen LogP contribution is 2.24. The molecule has 0 aliphatic carbocycles. The number of amides is 1. The molecule has 120 valence electrons. The number of nitrogens with one attached hydrogen (secondary N) is 1. The van der Waals surface area contributed by atoms with Crippen molar-refractivity contribution >= 4 is 26.8 Å². The van der Waals surface area contributed by atoms with Crippen molar-refractivity contribution in [2.24, 2.45) is 0 Å². The third-order valence-corrected chi connectivity index (χ3v) is 4.20. The van der Waals surface area contributed by atoms with Gasteiger partial charge >= 0.3 is 0 Å². The molecule has 0 aliphatic heterocycles. The highest BCUT2D eigenvalue weighted by atomic mass is 32.2. The van der Waals surface area contributed by atoms with Gasteiger partial charge < -0.3 is 9.84 Å². The zero-order chi connectivity index (χ0) is 16.5. The van der Waals surface area contributed by atoms with Gasteiger partial charge in [-0.05, 0) is 18.9 Å². The van der Waals surface area contributed by atoms with Crippen LogP contribution in [0, 0.1) is 0 Å². The standard InChI is InChI=1S/C14H19N3O4S/c1-8(2)12-11-5-10(6-15-14(11)21-17-12)13(18)16-9(3)7-22(4,19)20/h5-6,8-9H,7H2,1-4H3,(H,16,18). The van der Waals surface area contributed by atoms with Gasteiger partial charge in [0.25, 0.3) is 11.6 Å². The van der Waals surface area contributed by atoms with Gasteiger partial charge in [-0.15, -0.1) is 0 Å². The Morgan fingerprint density at radius 1 is 1.36 bits per heavy atom. The molecule has 8 heteroatoms. The summed E-state index contributed by atoms with van der Waals surface area (Å²) in [4.78, 5) is 16.3. The lowest BCUT2D eigenvalue weighted by Gasteiger charge is -2.12. The van der Waals surface area contributed by atoms with E-state index >= 15 is 0 Å². The van der Waals surface area contributed by atoms with Gasteiger partial charge in [-0.25, -0.2) is 13.4 Å². The minimum atomic E-state index is -3.15. The van der Waals surface area contributed by atoms with Crippen molar-refractivity contribution < 1.29 is 17.7 Å². The fourth-order valence-corrected chi connectivity index (χ4v) is 3.19. The lowest BCUT2D eigenvalue weighted by molar-refractivity contribution is 0.0943. The number of nitrogens with zero attached hydrogens (tertiary/aromatic N) is 2. The molecule has 7 nitrogen and oxygen atoms in total. The highest BCUT2D eigenvalue weighted by Gasteiger charge is 2.18. The van der Waals surface area contributed by atoms with Crippen molar-refractivity contribution in [3.63, 3.8) is 0 Å². The zero-order valence-electron chi connectivity index (χ0n) is 13.0. The van der Waals surface area contributed by atoms with Crippen LogP contribution in [-0.2, 0) is 9.84 Å². The lowest BCUT2D eigenvalue weighted by Crippen LogP contribution is -2.37. The van der Waals surface area contributed by atoms with Crippen LogP contribution in [0.15, 0.2) is 16.8 Å². The number of carbonyl (C=O) groups excluding carboxylic acids is 1. The van der Waals surface area contributed by atoms with Crippen LogP contribution in [0.2, 0.25) is 0 Å². The Morgan fingerprint density at radius 2 is 2.05 bits per heavy atom. The van der Waals surface area contributed by atoms with Crippen LogP contribution in [0.25, 0.3) is 11.1 Å². The molecular weight excluding hydrogens is 306 g/mol. The van der Waals surface area contributed by atoms with E-state index in [1.807, 2.05) is 13.8 Å². The van der Waals surface area contributed by atoms with E-state index in [2.05, 4.69) is 15.5 Å². The van der Waals surface area contributed by atoms with Crippen LogP contribution in [0.5, 0.6) is 0 Å². The molecule has 0 fully saturated rings. The number of rotatable bonds is 5. The lowest BCUT2D eigenvalue weighted by atomic mass is 10.1. The number of pyridine rings is 1. The summed E-state index contributed by atoms with van der Waals surface area (Å²) in [5, 5.41) is 7.30. The van der Waals surface area contributed by atoms with Crippen LogP contribution >= 0.6 is 0 Å². The molecule has 0 aromatic carbocycles. The Hall–Kier alpha value is -1.96. The smallest absolute Gasteiger partial charge is 0.257 e. The van der Waals surface area contributed by atoms with Crippen LogP contribution < -0.4 is 5.32 Å². The van der Waals surface area contributed by atoms with E-state index in [0.717, 1.165) is 11.9 Å². The van der Waals surface area contributed by atoms with Crippen LogP contribution in [0.1, 0.15) is 42.7 Å². The second kappa shape index (κ2) is 6.04. The van der Waals surface area contributed by atoms with Gasteiger partial charge in [0.15, 0.2) is 0 Å². The first-order valence-corrected chi connectivity index (χ1v) is 8.97. The summed E-state index contributed by atoms with van der Waals surface area (Å²) in [5.41, 5.74) is 1.46. The van der Waals surface area contributed by atoms with Gasteiger partial charge in [-0.3, -0.25) is 4.79 Å². The number of hydrogen-bond acceptors (Lipinski definition) is 6. The normalized spacial score (nSPS) is 13.5. The molecule has 22 heavy (non-hydrogen) atoms. The molecule has 0 saturated heterocycles. The second-order valence-corrected chi connectivity index (χ2v) is 7.95. The summed E-state index contributed by atoms with van der Waals surface area (Å²) in [5.74, 6) is -0.342. The highest BCUT2D eigenvalue weighted by molar-refractivity contribution is 7.90. The summed E-state index contributed by atoms with van der Waals surface area (Å²) in [6.45, 7) is 5.58. The maximum atomic E-state index is 12.2. The van der Waals surface area contributed by atoms with E-state index in [4.69, 9.17) is 4.52 Å². The summed E-state index contributed by atoms with van der Waals surface area (Å²) < 4.78 is 27.6. The Morgan fingerprint density at radius 3 is 2.64 bits per heavy atom. The quantitative estimate of drug-likeness (QED) is 0.894. The molecule has 0 saturated carbocycles. The number of carbonyl (C=O) groups is 1. The van der Waals surface area contributed by atoms with Crippen molar-refractivity contribution in [2.75, 3.05) is 12.0 Å². The van der Waals surface area contributed by atoms with Gasteiger partial charge in [0, 0.05) is 18.5 Å². The molecule has 2 aromatic heterocycles. The molecule has 1 amide bonds. The van der Waals surface area contributed by atoms with Gasteiger partial charge in [0.05, 0.1) is 22.4 Å². The fourth-order valence-electron chi connectivity index (χ4n) is 2.19. The molecular formula is C14H19N3O4S. The topological polar surface area (TPSA) is 102 Å². The molecule has 2 rings (SSSR count). The molecule has 1 atom stereocenters. The SMILES string of the molecule is CC(CS(C)(=O)=O)NC(=O)c1cnc2onc(C(C)C)c2c1. The molecule has 0 bridgehead atoms. The van der Waals surface area contributed by atoms with E-state index in [0.29, 0.717) is 16.7 Å². The predicted octanol–water partition coefficient (Wildman–Crippen LogP) is 1.51. The Labute approximate surface area is 129 Å². The maximum absolute atomic E-state index is 12.2. The van der Waals surface area contributed by atoms with Crippen molar-refractivity contribution in [3.05, 3.63) is 23.5 Å². The maximum Gasteiger partial charge on any atom is 0.257 e. The van der Waals surface area contributed by atoms with E-state index in [1.165, 1.54) is 6.20 Å². The average molecular weight is 325 g/mol. The Bertz CT molecular complexity index is 796. The minimum Gasteiger partial charge on any atom is -0.349 e. The predicted molar refractivity (Wildman–Crippen MR) is 82.5 cm³/mol. The summed E-state index contributed by atoms with van der Waals surface area (Å²) in [6, 6.07) is 1.18. The van der Waals surface area contributed by atoms with E-state index < -0.39 is 15.9 Å². The first-order valence-electron chi connectivity index (χ1n) is 6.91. The van der Waals surface area contributed by atoms with E-state index in [-0.39, 0.29) is 17.6 Å². The fraction of sp³-hybridized carbons (Fsp3) is 0.500. The van der Waals surface area contributed by atoms with Gasteiger partial charge in [0.1, 0.15) is 9.84 Å². The van der Waals surface area contributed by atoms with Gasteiger partial charge in [-0.1, -0.05) is 19.0 Å². The molecule has 1 N–H and O–H groups in total. The number of hydrogen-bond donors (Lipinski definition) is 1. The zero-order valence-corrected chi connectivity index (χ0v) is 13.8. The largest absolute Gasteiger partial charge is 0.349 e. The van der Waals surface area contributed by atoms with Crippen molar-refractivity contribution in [1.29, 1.82) is 0 Å². The first kappa shape index (κ1) is 16.4. The Balaban J connectivity index is 2.23. The van der Waals surface area contributed by atoms with Crippen LogP contribution in [0.4, 0.5) is 0 Å². The van der Waals surface area contributed by atoms with Gasteiger partial charge in [0.2, 0.25) is 0 Å². The summed E-state index contributed by atoms with van der Waals surface area (Å²) in [6.07, 6.45) is 2.52. The average Bonchev–Trinajstić information content (AvgIpc) is 2.78. The number of sulfone groups is 1. The minimum absolute atomic E-state index is 0.112. The van der Waals surface area contributed by atoms with Crippen molar-refractivity contribution in [1.82, 2.24) is 15.5 Å².